The molecule has 1 atom stereocenters. The number of allylic oxidation sites excluding steroid dienone is 1. The van der Waals surface area contributed by atoms with Gasteiger partial charge in [0.25, 0.3) is 11.5 Å². The lowest BCUT2D eigenvalue weighted by molar-refractivity contribution is -0.139. The molecule has 1 unspecified atom stereocenters. The molecule has 1 aromatic carbocycles. The van der Waals surface area contributed by atoms with Crippen LogP contribution in [0.4, 0.5) is 0 Å². The highest BCUT2D eigenvalue weighted by Gasteiger charge is 2.33. The number of methoxy groups -OCH3 is 1. The van der Waals surface area contributed by atoms with E-state index in [2.05, 4.69) is 4.99 Å². The fourth-order valence-corrected chi connectivity index (χ4v) is 5.57. The second kappa shape index (κ2) is 10.3. The summed E-state index contributed by atoms with van der Waals surface area (Å²) in [5.41, 5.74) is 6.43. The van der Waals surface area contributed by atoms with Crippen molar-refractivity contribution in [2.45, 2.75) is 19.9 Å². The second-order valence-electron chi connectivity index (χ2n) is 7.48. The topological polar surface area (TPSA) is 122 Å². The van der Waals surface area contributed by atoms with Crippen LogP contribution in [-0.2, 0) is 14.3 Å². The van der Waals surface area contributed by atoms with E-state index in [1.807, 2.05) is 17.5 Å². The maximum atomic E-state index is 13.6. The van der Waals surface area contributed by atoms with E-state index in [0.29, 0.717) is 37.7 Å². The Hall–Kier alpha value is -3.70. The summed E-state index contributed by atoms with van der Waals surface area (Å²) in [6, 6.07) is 8.22. The number of aromatic nitrogens is 1. The molecule has 11 heteroatoms. The van der Waals surface area contributed by atoms with Crippen molar-refractivity contribution in [2.75, 3.05) is 20.3 Å². The zero-order valence-electron chi connectivity index (χ0n) is 19.3. The van der Waals surface area contributed by atoms with Crippen LogP contribution in [0.2, 0.25) is 0 Å². The molecule has 0 aliphatic carbocycles. The number of hydrogen-bond acceptors (Lipinski definition) is 9. The van der Waals surface area contributed by atoms with Gasteiger partial charge in [-0.1, -0.05) is 23.5 Å². The van der Waals surface area contributed by atoms with E-state index in [1.54, 1.807) is 42.7 Å². The van der Waals surface area contributed by atoms with Crippen molar-refractivity contribution in [3.8, 4) is 11.5 Å². The second-order valence-corrected chi connectivity index (χ2v) is 9.47. The Morgan fingerprint density at radius 3 is 2.71 bits per heavy atom. The minimum absolute atomic E-state index is 0.220. The van der Waals surface area contributed by atoms with Crippen LogP contribution in [0.5, 0.6) is 11.5 Å². The van der Waals surface area contributed by atoms with Gasteiger partial charge in [-0.3, -0.25) is 14.2 Å². The molecule has 2 N–H and O–H groups in total. The van der Waals surface area contributed by atoms with Gasteiger partial charge in [-0.25, -0.2) is 9.79 Å². The number of hydrogen-bond donors (Lipinski definition) is 1. The van der Waals surface area contributed by atoms with Crippen molar-refractivity contribution >= 4 is 40.6 Å². The summed E-state index contributed by atoms with van der Waals surface area (Å²) in [6.07, 6.45) is 1.72. The highest BCUT2D eigenvalue weighted by atomic mass is 32.1. The monoisotopic (exact) mass is 513 g/mol. The Morgan fingerprint density at radius 1 is 1.26 bits per heavy atom. The van der Waals surface area contributed by atoms with Gasteiger partial charge < -0.3 is 19.9 Å². The predicted molar refractivity (Wildman–Crippen MR) is 132 cm³/mol. The van der Waals surface area contributed by atoms with E-state index in [0.717, 1.165) is 4.88 Å². The number of nitrogens with two attached hydrogens (primary N) is 1. The Kier molecular flexibility index (Phi) is 7.17. The number of thiazole rings is 1. The highest BCUT2D eigenvalue weighted by molar-refractivity contribution is 7.10. The average molecular weight is 514 g/mol. The number of ether oxygens (including phenoxy) is 3. The molecular formula is C24H23N3O6S2. The molecule has 0 fully saturated rings. The smallest absolute Gasteiger partial charge is 0.338 e. The average Bonchev–Trinajstić information content (AvgIpc) is 3.46. The van der Waals surface area contributed by atoms with Gasteiger partial charge in [-0.15, -0.1) is 11.3 Å². The summed E-state index contributed by atoms with van der Waals surface area (Å²) in [5.74, 6) is -0.338. The first-order valence-electron chi connectivity index (χ1n) is 10.7. The fourth-order valence-electron chi connectivity index (χ4n) is 3.70. The molecule has 0 bridgehead atoms. The zero-order valence-corrected chi connectivity index (χ0v) is 20.9. The third-order valence-corrected chi connectivity index (χ3v) is 7.09. The van der Waals surface area contributed by atoms with Gasteiger partial charge in [-0.05, 0) is 49.1 Å². The standard InChI is InChI=1S/C24H23N3O6S2/c1-4-32-23(30)20-13(2)26-24-27(21(20)17-6-5-9-34-17)22(29)18(35-24)11-14-7-8-15(16(10-14)31-3)33-12-19(25)28/h5-11,21H,4,12H2,1-3H3,(H2,25,28). The molecule has 3 aromatic rings. The molecular weight excluding hydrogens is 490 g/mol. The van der Waals surface area contributed by atoms with Gasteiger partial charge in [0.15, 0.2) is 22.9 Å². The van der Waals surface area contributed by atoms with E-state index in [4.69, 9.17) is 19.9 Å². The molecule has 3 heterocycles. The minimum atomic E-state index is -0.619. The lowest BCUT2D eigenvalue weighted by atomic mass is 10.0. The van der Waals surface area contributed by atoms with Crippen molar-refractivity contribution in [3.05, 3.63) is 77.1 Å². The summed E-state index contributed by atoms with van der Waals surface area (Å²) in [5, 5.41) is 1.90. The molecule has 0 saturated carbocycles. The molecule has 0 radical (unpaired) electrons. The van der Waals surface area contributed by atoms with Gasteiger partial charge in [-0.2, -0.15) is 0 Å². The molecule has 1 amide bonds. The molecule has 9 nitrogen and oxygen atoms in total. The van der Waals surface area contributed by atoms with Crippen molar-refractivity contribution in [1.29, 1.82) is 0 Å². The molecule has 182 valence electrons. The number of benzene rings is 1. The van der Waals surface area contributed by atoms with E-state index in [-0.39, 0.29) is 18.8 Å². The summed E-state index contributed by atoms with van der Waals surface area (Å²) in [7, 11) is 1.48. The third kappa shape index (κ3) is 4.91. The largest absolute Gasteiger partial charge is 0.493 e. The Bertz CT molecular complexity index is 1480. The number of carbonyl (C=O) groups is 2. The van der Waals surface area contributed by atoms with Gasteiger partial charge in [0.1, 0.15) is 6.04 Å². The molecule has 2 aromatic heterocycles. The molecule has 35 heavy (non-hydrogen) atoms. The maximum Gasteiger partial charge on any atom is 0.338 e. The number of thiophene rings is 1. The highest BCUT2D eigenvalue weighted by Crippen LogP contribution is 2.33. The van der Waals surface area contributed by atoms with Crippen LogP contribution in [0.15, 0.2) is 56.8 Å². The van der Waals surface area contributed by atoms with E-state index >= 15 is 0 Å². The van der Waals surface area contributed by atoms with Crippen molar-refractivity contribution < 1.29 is 23.8 Å². The van der Waals surface area contributed by atoms with Crippen molar-refractivity contribution in [1.82, 2.24) is 4.57 Å². The first kappa shape index (κ1) is 24.4. The van der Waals surface area contributed by atoms with Crippen molar-refractivity contribution in [2.24, 2.45) is 10.7 Å². The van der Waals surface area contributed by atoms with Crippen LogP contribution in [-0.4, -0.2) is 36.8 Å². The molecule has 1 aliphatic heterocycles. The first-order valence-corrected chi connectivity index (χ1v) is 12.4. The van der Waals surface area contributed by atoms with Crippen LogP contribution >= 0.6 is 22.7 Å². The third-order valence-electron chi connectivity index (χ3n) is 5.19. The van der Waals surface area contributed by atoms with Gasteiger partial charge in [0, 0.05) is 4.88 Å². The summed E-state index contributed by atoms with van der Waals surface area (Å²) >= 11 is 2.69. The molecule has 1 aliphatic rings. The fraction of sp³-hybridized carbons (Fsp3) is 0.250. The van der Waals surface area contributed by atoms with Gasteiger partial charge >= 0.3 is 5.97 Å². The quantitative estimate of drug-likeness (QED) is 0.458. The summed E-state index contributed by atoms with van der Waals surface area (Å²) in [4.78, 5) is 43.3. The number of fused-ring (bicyclic) bond motifs is 1. The minimum Gasteiger partial charge on any atom is -0.493 e. The van der Waals surface area contributed by atoms with Crippen LogP contribution in [0, 0.1) is 0 Å². The number of carbonyl (C=O) groups excluding carboxylic acids is 2. The summed E-state index contributed by atoms with van der Waals surface area (Å²) < 4.78 is 18.0. The van der Waals surface area contributed by atoms with Gasteiger partial charge in [0.05, 0.1) is 29.5 Å². The first-order chi connectivity index (χ1) is 16.8. The van der Waals surface area contributed by atoms with Gasteiger partial charge in [0.2, 0.25) is 0 Å². The lowest BCUT2D eigenvalue weighted by Gasteiger charge is -2.23. The predicted octanol–water partition coefficient (Wildman–Crippen LogP) is 1.73. The number of primary amides is 1. The Labute approximate surface area is 208 Å². The zero-order chi connectivity index (χ0) is 25.1. The molecule has 0 spiro atoms. The SMILES string of the molecule is CCOC(=O)C1=C(C)N=c2sc(=Cc3ccc(OCC(N)=O)c(OC)c3)c(=O)n2C1c1cccs1. The van der Waals surface area contributed by atoms with E-state index in [1.165, 1.54) is 29.8 Å². The Morgan fingerprint density at radius 2 is 2.06 bits per heavy atom. The maximum absolute atomic E-state index is 13.6. The number of esters is 1. The van der Waals surface area contributed by atoms with Crippen LogP contribution < -0.4 is 30.1 Å². The lowest BCUT2D eigenvalue weighted by Crippen LogP contribution is -2.39. The number of amides is 1. The summed E-state index contributed by atoms with van der Waals surface area (Å²) in [6.45, 7) is 3.43. The van der Waals surface area contributed by atoms with E-state index in [9.17, 15) is 14.4 Å². The number of nitrogens with zero attached hydrogens (tertiary/aromatic N) is 2. The molecule has 0 saturated heterocycles. The normalized spacial score (nSPS) is 15.4. The van der Waals surface area contributed by atoms with Crippen LogP contribution in [0.3, 0.4) is 0 Å². The van der Waals surface area contributed by atoms with Crippen LogP contribution in [0.1, 0.15) is 30.3 Å². The Balaban J connectivity index is 1.82. The van der Waals surface area contributed by atoms with E-state index < -0.39 is 17.9 Å². The van der Waals surface area contributed by atoms with Crippen LogP contribution in [0.25, 0.3) is 6.08 Å². The number of rotatable bonds is 8. The molecule has 4 rings (SSSR count). The van der Waals surface area contributed by atoms with Crippen molar-refractivity contribution in [3.63, 3.8) is 0 Å².